The largest absolute Gasteiger partial charge is 0.451 e. The maximum Gasteiger partial charge on any atom is 0.293 e. The standard InChI is InChI=1S/C27H16ClN3O3S/c28-20-9-4-6-17-18(20)7-3-8-19(17)26-30-21-14-16(11-12-23(21)34-26)29-27(35)31-25(32)24-13-15-5-1-2-10-22(15)33-24/h1-14H,(H2,29,31,32,35). The summed E-state index contributed by atoms with van der Waals surface area (Å²) in [6, 6.07) is 26.1. The zero-order valence-corrected chi connectivity index (χ0v) is 19.6. The second kappa shape index (κ2) is 8.54. The second-order valence-corrected chi connectivity index (χ2v) is 8.71. The van der Waals surface area contributed by atoms with Gasteiger partial charge in [-0.15, -0.1) is 0 Å². The number of oxazole rings is 1. The lowest BCUT2D eigenvalue weighted by molar-refractivity contribution is 0.0953. The van der Waals surface area contributed by atoms with Gasteiger partial charge >= 0.3 is 0 Å². The average Bonchev–Trinajstić information content (AvgIpc) is 3.48. The zero-order chi connectivity index (χ0) is 23.9. The Balaban J connectivity index is 1.23. The molecule has 170 valence electrons. The Morgan fingerprint density at radius 3 is 2.57 bits per heavy atom. The van der Waals surface area contributed by atoms with Gasteiger partial charge in [0.05, 0.1) is 0 Å². The molecule has 0 spiro atoms. The molecular weight excluding hydrogens is 482 g/mol. The molecule has 6 rings (SSSR count). The number of thiocarbonyl (C=S) groups is 1. The second-order valence-electron chi connectivity index (χ2n) is 7.90. The topological polar surface area (TPSA) is 80.3 Å². The molecule has 0 fully saturated rings. The monoisotopic (exact) mass is 497 g/mol. The molecule has 1 amide bonds. The van der Waals surface area contributed by atoms with Crippen LogP contribution in [-0.2, 0) is 0 Å². The first-order chi connectivity index (χ1) is 17.0. The van der Waals surface area contributed by atoms with Gasteiger partial charge in [0.25, 0.3) is 5.91 Å². The minimum Gasteiger partial charge on any atom is -0.451 e. The van der Waals surface area contributed by atoms with Crippen LogP contribution < -0.4 is 10.6 Å². The van der Waals surface area contributed by atoms with E-state index >= 15 is 0 Å². The molecule has 0 aliphatic heterocycles. The summed E-state index contributed by atoms with van der Waals surface area (Å²) in [6.45, 7) is 0. The molecule has 0 aliphatic carbocycles. The average molecular weight is 498 g/mol. The molecule has 4 aromatic carbocycles. The molecule has 0 saturated heterocycles. The summed E-state index contributed by atoms with van der Waals surface area (Å²) in [4.78, 5) is 17.2. The third-order valence-corrected chi connectivity index (χ3v) is 6.15. The minimum atomic E-state index is -0.432. The van der Waals surface area contributed by atoms with Gasteiger partial charge in [0, 0.05) is 27.0 Å². The first kappa shape index (κ1) is 21.3. The third-order valence-electron chi connectivity index (χ3n) is 5.62. The van der Waals surface area contributed by atoms with E-state index in [1.165, 1.54) is 0 Å². The molecule has 2 N–H and O–H groups in total. The highest BCUT2D eigenvalue weighted by Crippen LogP contribution is 2.34. The van der Waals surface area contributed by atoms with Crippen molar-refractivity contribution in [2.45, 2.75) is 0 Å². The normalized spacial score (nSPS) is 11.2. The summed E-state index contributed by atoms with van der Waals surface area (Å²) >= 11 is 11.7. The van der Waals surface area contributed by atoms with Crippen LogP contribution in [0.5, 0.6) is 0 Å². The molecule has 0 aliphatic rings. The highest BCUT2D eigenvalue weighted by Gasteiger charge is 2.15. The Morgan fingerprint density at radius 2 is 1.69 bits per heavy atom. The Kier molecular flexibility index (Phi) is 5.21. The van der Waals surface area contributed by atoms with E-state index in [1.807, 2.05) is 54.6 Å². The number of furan rings is 1. The first-order valence-electron chi connectivity index (χ1n) is 10.7. The lowest BCUT2D eigenvalue weighted by atomic mass is 10.0. The fourth-order valence-corrected chi connectivity index (χ4v) is 4.45. The first-order valence-corrected chi connectivity index (χ1v) is 11.5. The highest BCUT2D eigenvalue weighted by molar-refractivity contribution is 7.80. The van der Waals surface area contributed by atoms with E-state index in [1.54, 1.807) is 30.3 Å². The van der Waals surface area contributed by atoms with Crippen LogP contribution in [0, 0.1) is 0 Å². The van der Waals surface area contributed by atoms with Crippen molar-refractivity contribution in [1.82, 2.24) is 10.3 Å². The Hall–Kier alpha value is -4.20. The van der Waals surface area contributed by atoms with Crippen molar-refractivity contribution in [1.29, 1.82) is 0 Å². The summed E-state index contributed by atoms with van der Waals surface area (Å²) in [7, 11) is 0. The molecule has 6 nitrogen and oxygen atoms in total. The number of carbonyl (C=O) groups is 1. The van der Waals surface area contributed by atoms with Gasteiger partial charge in [-0.2, -0.15) is 0 Å². The third kappa shape index (κ3) is 4.01. The number of nitrogens with one attached hydrogen (secondary N) is 2. The summed E-state index contributed by atoms with van der Waals surface area (Å²) in [6.07, 6.45) is 0. The summed E-state index contributed by atoms with van der Waals surface area (Å²) < 4.78 is 11.6. The summed E-state index contributed by atoms with van der Waals surface area (Å²) in [5.41, 5.74) is 3.42. The number of benzene rings is 4. The van der Waals surface area contributed by atoms with Crippen molar-refractivity contribution in [3.05, 3.63) is 95.7 Å². The van der Waals surface area contributed by atoms with E-state index in [-0.39, 0.29) is 10.9 Å². The number of amides is 1. The Morgan fingerprint density at radius 1 is 0.857 bits per heavy atom. The van der Waals surface area contributed by atoms with Gasteiger partial charge < -0.3 is 14.2 Å². The Bertz CT molecular complexity index is 1740. The molecular formula is C27H16ClN3O3S. The van der Waals surface area contributed by atoms with E-state index in [0.29, 0.717) is 33.3 Å². The van der Waals surface area contributed by atoms with Crippen molar-refractivity contribution in [3.63, 3.8) is 0 Å². The predicted molar refractivity (Wildman–Crippen MR) is 142 cm³/mol. The molecule has 8 heteroatoms. The van der Waals surface area contributed by atoms with Gasteiger partial charge in [0.2, 0.25) is 5.89 Å². The van der Waals surface area contributed by atoms with E-state index in [9.17, 15) is 4.79 Å². The van der Waals surface area contributed by atoms with Crippen LogP contribution in [0.1, 0.15) is 10.6 Å². The van der Waals surface area contributed by atoms with Gasteiger partial charge in [-0.05, 0) is 60.1 Å². The number of rotatable bonds is 3. The van der Waals surface area contributed by atoms with Crippen LogP contribution in [0.2, 0.25) is 5.02 Å². The van der Waals surface area contributed by atoms with Crippen molar-refractivity contribution in [2.75, 3.05) is 5.32 Å². The number of halogens is 1. The van der Waals surface area contributed by atoms with E-state index in [2.05, 4.69) is 15.6 Å². The predicted octanol–water partition coefficient (Wildman–Crippen LogP) is 7.17. The van der Waals surface area contributed by atoms with Crippen LogP contribution in [0.4, 0.5) is 5.69 Å². The van der Waals surface area contributed by atoms with E-state index in [0.717, 1.165) is 21.7 Å². The molecule has 0 bridgehead atoms. The summed E-state index contributed by atoms with van der Waals surface area (Å²) in [5.74, 6) is 0.242. The lowest BCUT2D eigenvalue weighted by Crippen LogP contribution is -2.33. The van der Waals surface area contributed by atoms with Gasteiger partial charge in [0.15, 0.2) is 16.5 Å². The van der Waals surface area contributed by atoms with E-state index in [4.69, 9.17) is 32.7 Å². The molecule has 0 atom stereocenters. The molecule has 2 heterocycles. The molecule has 0 unspecified atom stereocenters. The van der Waals surface area contributed by atoms with E-state index < -0.39 is 5.91 Å². The summed E-state index contributed by atoms with van der Waals surface area (Å²) in [5, 5.41) is 9.20. The van der Waals surface area contributed by atoms with Crippen molar-refractivity contribution < 1.29 is 13.6 Å². The highest BCUT2D eigenvalue weighted by atomic mass is 35.5. The van der Waals surface area contributed by atoms with Crippen LogP contribution in [0.3, 0.4) is 0 Å². The fourth-order valence-electron chi connectivity index (χ4n) is 4.00. The molecule has 35 heavy (non-hydrogen) atoms. The SMILES string of the molecule is O=C(NC(=S)Nc1ccc2oc(-c3cccc4c(Cl)cccc34)nc2c1)c1cc2ccccc2o1. The number of fused-ring (bicyclic) bond motifs is 3. The Labute approximate surface area is 209 Å². The van der Waals surface area contributed by atoms with Crippen LogP contribution in [0.25, 0.3) is 44.3 Å². The quantitative estimate of drug-likeness (QED) is 0.252. The molecule has 0 radical (unpaired) electrons. The maximum absolute atomic E-state index is 12.5. The van der Waals surface area contributed by atoms with Crippen LogP contribution >= 0.6 is 23.8 Å². The lowest BCUT2D eigenvalue weighted by Gasteiger charge is -2.08. The number of hydrogen-bond donors (Lipinski definition) is 2. The number of aromatic nitrogens is 1. The van der Waals surface area contributed by atoms with Gasteiger partial charge in [-0.3, -0.25) is 10.1 Å². The number of anilines is 1. The number of nitrogens with zero attached hydrogens (tertiary/aromatic N) is 1. The number of carbonyl (C=O) groups excluding carboxylic acids is 1. The van der Waals surface area contributed by atoms with Gasteiger partial charge in [0.1, 0.15) is 11.1 Å². The van der Waals surface area contributed by atoms with Crippen LogP contribution in [-0.4, -0.2) is 16.0 Å². The minimum absolute atomic E-state index is 0.141. The van der Waals surface area contributed by atoms with Gasteiger partial charge in [-0.1, -0.05) is 54.1 Å². The zero-order valence-electron chi connectivity index (χ0n) is 18.0. The number of para-hydroxylation sites is 1. The molecule has 2 aromatic heterocycles. The number of hydrogen-bond acceptors (Lipinski definition) is 5. The molecule has 6 aromatic rings. The van der Waals surface area contributed by atoms with Crippen molar-refractivity contribution >= 4 is 73.4 Å². The van der Waals surface area contributed by atoms with Crippen molar-refractivity contribution in [3.8, 4) is 11.5 Å². The van der Waals surface area contributed by atoms with Crippen LogP contribution in [0.15, 0.2) is 93.8 Å². The molecule has 0 saturated carbocycles. The van der Waals surface area contributed by atoms with Crippen molar-refractivity contribution in [2.24, 2.45) is 0 Å². The maximum atomic E-state index is 12.5. The fraction of sp³-hybridized carbons (Fsp3) is 0. The van der Waals surface area contributed by atoms with Gasteiger partial charge in [-0.25, -0.2) is 4.98 Å². The smallest absolute Gasteiger partial charge is 0.293 e.